The molecule has 30 heavy (non-hydrogen) atoms. The Morgan fingerprint density at radius 1 is 0.967 bits per heavy atom. The second kappa shape index (κ2) is 11.7. The maximum atomic E-state index is 6.24. The molecule has 4 rings (SSSR count). The largest absolute Gasteiger partial charge is 0.150 e. The van der Waals surface area contributed by atoms with Crippen molar-refractivity contribution in [2.75, 3.05) is 0 Å². The van der Waals surface area contributed by atoms with Crippen LogP contribution in [-0.2, 0) is 23.3 Å². The quantitative estimate of drug-likeness (QED) is 0.217. The summed E-state index contributed by atoms with van der Waals surface area (Å²) in [5.74, 6) is 0.560. The minimum atomic E-state index is 0.210. The van der Waals surface area contributed by atoms with E-state index in [0.717, 1.165) is 11.1 Å². The van der Waals surface area contributed by atoms with Crippen molar-refractivity contribution in [2.24, 2.45) is 5.92 Å². The number of benzene rings is 2. The fourth-order valence-electron chi connectivity index (χ4n) is 3.29. The Kier molecular flexibility index (Phi) is 9.95. The zero-order valence-corrected chi connectivity index (χ0v) is 23.5. The third-order valence-corrected chi connectivity index (χ3v) is 5.78. The summed E-state index contributed by atoms with van der Waals surface area (Å²) >= 11 is 14.2. The molecule has 0 bridgehead atoms. The van der Waals surface area contributed by atoms with Crippen LogP contribution in [-0.4, -0.2) is 5.43 Å². The molecule has 0 aromatic heterocycles. The normalized spacial score (nSPS) is 15.3. The monoisotopic (exact) mass is 528 g/mol. The van der Waals surface area contributed by atoms with Crippen molar-refractivity contribution in [3.05, 3.63) is 87.4 Å². The van der Waals surface area contributed by atoms with E-state index >= 15 is 0 Å². The van der Waals surface area contributed by atoms with E-state index in [1.165, 1.54) is 27.5 Å². The van der Waals surface area contributed by atoms with Gasteiger partial charge in [0.1, 0.15) is 0 Å². The third-order valence-electron chi connectivity index (χ3n) is 5.15. The molecular formula is C26H28Cl2SiZr. The first kappa shape index (κ1) is 25.5. The number of hydrogen-bond donors (Lipinski definition) is 0. The van der Waals surface area contributed by atoms with Crippen molar-refractivity contribution in [3.8, 4) is 11.1 Å². The topological polar surface area (TPSA) is 0 Å². The van der Waals surface area contributed by atoms with Gasteiger partial charge >= 0.3 is 41.9 Å². The molecule has 0 spiro atoms. The molecule has 0 saturated carbocycles. The van der Waals surface area contributed by atoms with Crippen LogP contribution in [0.25, 0.3) is 21.9 Å². The molecule has 0 radical (unpaired) electrons. The van der Waals surface area contributed by atoms with Crippen LogP contribution in [0.3, 0.4) is 0 Å². The Balaban J connectivity index is 0.000000207. The van der Waals surface area contributed by atoms with Gasteiger partial charge in [0.05, 0.1) is 0 Å². The van der Waals surface area contributed by atoms with Crippen molar-refractivity contribution in [3.63, 3.8) is 0 Å². The van der Waals surface area contributed by atoms with Crippen molar-refractivity contribution in [1.29, 1.82) is 0 Å². The molecule has 154 valence electrons. The molecular weight excluding hydrogens is 503 g/mol. The van der Waals surface area contributed by atoms with E-state index in [-0.39, 0.29) is 5.43 Å². The van der Waals surface area contributed by atoms with Gasteiger partial charge in [0.25, 0.3) is 0 Å². The third kappa shape index (κ3) is 6.60. The van der Waals surface area contributed by atoms with Gasteiger partial charge in [0.15, 0.2) is 0 Å². The molecule has 1 aliphatic carbocycles. The van der Waals surface area contributed by atoms with Gasteiger partial charge in [-0.05, 0) is 17.7 Å². The van der Waals surface area contributed by atoms with E-state index in [1.807, 2.05) is 30.3 Å². The van der Waals surface area contributed by atoms with Crippen LogP contribution in [0.2, 0.25) is 23.1 Å². The summed E-state index contributed by atoms with van der Waals surface area (Å²) in [6.45, 7) is 13.3. The molecule has 1 atom stereocenters. The number of rotatable bonds is 1. The number of hydrogen-bond acceptors (Lipinski definition) is 0. The first-order valence-corrected chi connectivity index (χ1v) is 17.0. The average Bonchev–Trinajstić information content (AvgIpc) is 3.19. The minimum absolute atomic E-state index is 0.210. The van der Waals surface area contributed by atoms with Crippen LogP contribution in [0, 0.1) is 12.0 Å². The molecule has 1 unspecified atom stereocenters. The standard InChI is InChI=1S/C15H9Cl2.C9H13.C2H6Si.Zr/c16-13-6-3-7-14(17)15(13)12-9-8-10-4-1-2-5-11(10)12;1-6-5-7(2)9(4)8(6)3;1-3-2;/h1-9H;6H,1-4H3;1-2H3;/q2*-1;;+2. The number of fused-ring (bicyclic) bond motifs is 1. The van der Waals surface area contributed by atoms with Crippen LogP contribution >= 0.6 is 23.2 Å². The van der Waals surface area contributed by atoms with E-state index in [4.69, 9.17) is 23.2 Å². The Bertz CT molecular complexity index is 1080. The molecule has 0 fully saturated rings. The summed E-state index contributed by atoms with van der Waals surface area (Å²) < 4.78 is 0. The molecule has 0 N–H and O–H groups in total. The molecule has 0 heterocycles. The van der Waals surface area contributed by atoms with Crippen molar-refractivity contribution < 1.29 is 23.3 Å². The zero-order valence-electron chi connectivity index (χ0n) is 18.5. The van der Waals surface area contributed by atoms with E-state index in [1.54, 1.807) is 23.3 Å². The molecule has 3 aromatic rings. The van der Waals surface area contributed by atoms with Gasteiger partial charge in [-0.25, -0.2) is 5.57 Å². The van der Waals surface area contributed by atoms with E-state index in [0.29, 0.717) is 16.0 Å². The maximum Gasteiger partial charge on any atom is 0.0399 e. The number of halogens is 2. The summed E-state index contributed by atoms with van der Waals surface area (Å²) in [6, 6.07) is 18.0. The average molecular weight is 531 g/mol. The maximum absolute atomic E-state index is 6.24. The van der Waals surface area contributed by atoms with Crippen molar-refractivity contribution in [1.82, 2.24) is 0 Å². The van der Waals surface area contributed by atoms with Gasteiger partial charge in [-0.15, -0.1) is 53.6 Å². The first-order valence-electron chi connectivity index (χ1n) is 10.0. The Labute approximate surface area is 206 Å². The van der Waals surface area contributed by atoms with Gasteiger partial charge < -0.3 is 0 Å². The van der Waals surface area contributed by atoms with E-state index in [2.05, 4.69) is 71.1 Å². The molecule has 0 nitrogen and oxygen atoms in total. The Morgan fingerprint density at radius 2 is 1.53 bits per heavy atom. The van der Waals surface area contributed by atoms with Crippen molar-refractivity contribution >= 4 is 39.4 Å². The van der Waals surface area contributed by atoms with Gasteiger partial charge in [-0.1, -0.05) is 62.0 Å². The predicted octanol–water partition coefficient (Wildman–Crippen LogP) is 9.04. The zero-order chi connectivity index (χ0) is 22.4. The fourth-order valence-corrected chi connectivity index (χ4v) is 3.89. The van der Waals surface area contributed by atoms with Gasteiger partial charge in [-0.2, -0.15) is 11.1 Å². The fraction of sp³-hybridized carbons (Fsp3) is 0.269. The number of allylic oxidation sites excluding steroid dienone is 4. The van der Waals surface area contributed by atoms with E-state index < -0.39 is 0 Å². The van der Waals surface area contributed by atoms with Crippen LogP contribution in [0.5, 0.6) is 0 Å². The molecule has 1 aliphatic rings. The van der Waals surface area contributed by atoms with Crippen LogP contribution in [0.1, 0.15) is 27.7 Å². The predicted molar refractivity (Wildman–Crippen MR) is 132 cm³/mol. The SMILES string of the molecule is CC1=[C-]C(C)C(C)=C1C.C[Si](C)=[Zr+2].Clc1cccc(Cl)c1-c1c[cH-]c2ccccc12. The molecule has 0 aliphatic heterocycles. The van der Waals surface area contributed by atoms with Crippen LogP contribution < -0.4 is 0 Å². The summed E-state index contributed by atoms with van der Waals surface area (Å²) in [5, 5.41) is 3.77. The van der Waals surface area contributed by atoms with Gasteiger partial charge in [0.2, 0.25) is 0 Å². The first-order chi connectivity index (χ1) is 14.1. The molecule has 0 saturated heterocycles. The summed E-state index contributed by atoms with van der Waals surface area (Å²) in [4.78, 5) is 0. The summed E-state index contributed by atoms with van der Waals surface area (Å²) in [5.41, 5.74) is 6.46. The summed E-state index contributed by atoms with van der Waals surface area (Å²) in [7, 11) is 0. The molecule has 3 aromatic carbocycles. The molecule has 0 amide bonds. The smallest absolute Gasteiger partial charge is 0.0399 e. The minimum Gasteiger partial charge on any atom is -0.150 e. The second-order valence-corrected chi connectivity index (χ2v) is 17.9. The summed E-state index contributed by atoms with van der Waals surface area (Å²) in [6.07, 6.45) is 3.36. The van der Waals surface area contributed by atoms with Gasteiger partial charge in [0, 0.05) is 10.0 Å². The van der Waals surface area contributed by atoms with E-state index in [9.17, 15) is 0 Å². The van der Waals surface area contributed by atoms with Crippen LogP contribution in [0.15, 0.2) is 71.3 Å². The second-order valence-electron chi connectivity index (χ2n) is 7.73. The Morgan fingerprint density at radius 3 is 2.00 bits per heavy atom. The van der Waals surface area contributed by atoms with Crippen molar-refractivity contribution in [2.45, 2.75) is 40.8 Å². The Hall–Kier alpha value is -0.790. The molecule has 4 heteroatoms. The van der Waals surface area contributed by atoms with Gasteiger partial charge in [-0.3, -0.25) is 6.08 Å². The van der Waals surface area contributed by atoms with Crippen LogP contribution in [0.4, 0.5) is 0 Å².